The number of unbranched alkanes of at least 4 members (excludes halogenated alkanes) is 2. The van der Waals surface area contributed by atoms with E-state index in [4.69, 9.17) is 0 Å². The van der Waals surface area contributed by atoms with E-state index in [2.05, 4.69) is 6.92 Å². The third-order valence-electron chi connectivity index (χ3n) is 3.63. The second-order valence-electron chi connectivity index (χ2n) is 4.99. The van der Waals surface area contributed by atoms with Gasteiger partial charge < -0.3 is 10.2 Å². The molecule has 0 radical (unpaired) electrons. The zero-order valence-corrected chi connectivity index (χ0v) is 9.99. The molecular formula is C13H26O2. The van der Waals surface area contributed by atoms with E-state index in [0.29, 0.717) is 5.92 Å². The van der Waals surface area contributed by atoms with Crippen molar-refractivity contribution in [3.63, 3.8) is 0 Å². The van der Waals surface area contributed by atoms with Gasteiger partial charge in [0.05, 0.1) is 12.2 Å². The number of hydrogen-bond donors (Lipinski definition) is 2. The minimum atomic E-state index is -0.135. The second kappa shape index (κ2) is 7.24. The summed E-state index contributed by atoms with van der Waals surface area (Å²) in [5.41, 5.74) is 0. The van der Waals surface area contributed by atoms with E-state index in [0.717, 1.165) is 44.9 Å². The maximum atomic E-state index is 9.74. The molecule has 0 aromatic rings. The van der Waals surface area contributed by atoms with Crippen molar-refractivity contribution in [3.8, 4) is 0 Å². The first-order valence-corrected chi connectivity index (χ1v) is 6.60. The molecule has 3 atom stereocenters. The van der Waals surface area contributed by atoms with Crippen molar-refractivity contribution < 1.29 is 10.2 Å². The van der Waals surface area contributed by atoms with E-state index in [-0.39, 0.29) is 12.2 Å². The van der Waals surface area contributed by atoms with Crippen LogP contribution in [0.1, 0.15) is 64.7 Å². The average Bonchev–Trinajstić information content (AvgIpc) is 2.61. The Kier molecular flexibility index (Phi) is 6.26. The van der Waals surface area contributed by atoms with Gasteiger partial charge in [-0.2, -0.15) is 0 Å². The van der Waals surface area contributed by atoms with Crippen molar-refractivity contribution in [3.05, 3.63) is 0 Å². The minimum Gasteiger partial charge on any atom is -0.393 e. The van der Waals surface area contributed by atoms with Crippen LogP contribution < -0.4 is 0 Å². The monoisotopic (exact) mass is 214 g/mol. The Morgan fingerprint density at radius 1 is 1.20 bits per heavy atom. The number of aliphatic hydroxyl groups excluding tert-OH is 2. The highest BCUT2D eigenvalue weighted by Crippen LogP contribution is 2.30. The molecule has 0 aromatic heterocycles. The molecule has 2 nitrogen and oxygen atoms in total. The molecule has 0 bridgehead atoms. The van der Waals surface area contributed by atoms with Crippen LogP contribution >= 0.6 is 0 Å². The SMILES string of the molecule is CCCCC[C@H](O)CCC1CCCC1O. The van der Waals surface area contributed by atoms with E-state index in [1.54, 1.807) is 0 Å². The fraction of sp³-hybridized carbons (Fsp3) is 1.00. The lowest BCUT2D eigenvalue weighted by Crippen LogP contribution is -2.16. The molecule has 0 saturated heterocycles. The number of hydrogen-bond acceptors (Lipinski definition) is 2. The van der Waals surface area contributed by atoms with Gasteiger partial charge in [0.2, 0.25) is 0 Å². The molecule has 0 heterocycles. The molecule has 0 amide bonds. The largest absolute Gasteiger partial charge is 0.393 e. The summed E-state index contributed by atoms with van der Waals surface area (Å²) in [6.45, 7) is 2.18. The molecule has 90 valence electrons. The van der Waals surface area contributed by atoms with Crippen molar-refractivity contribution in [2.75, 3.05) is 0 Å². The summed E-state index contributed by atoms with van der Waals surface area (Å²) >= 11 is 0. The summed E-state index contributed by atoms with van der Waals surface area (Å²) in [4.78, 5) is 0. The van der Waals surface area contributed by atoms with Crippen LogP contribution in [0, 0.1) is 5.92 Å². The van der Waals surface area contributed by atoms with Crippen LogP contribution in [0.15, 0.2) is 0 Å². The van der Waals surface area contributed by atoms with Crippen LogP contribution in [0.5, 0.6) is 0 Å². The standard InChI is InChI=1S/C13H26O2/c1-2-3-4-7-12(14)10-9-11-6-5-8-13(11)15/h11-15H,2-10H2,1H3/t11?,12-,13?/m0/s1. The lowest BCUT2D eigenvalue weighted by molar-refractivity contribution is 0.101. The molecule has 2 unspecified atom stereocenters. The molecule has 1 rings (SSSR count). The fourth-order valence-electron chi connectivity index (χ4n) is 2.53. The quantitative estimate of drug-likeness (QED) is 0.640. The Balaban J connectivity index is 2.03. The van der Waals surface area contributed by atoms with Crippen molar-refractivity contribution in [2.45, 2.75) is 76.9 Å². The fourth-order valence-corrected chi connectivity index (χ4v) is 2.53. The Hall–Kier alpha value is -0.0800. The maximum absolute atomic E-state index is 9.74. The van der Waals surface area contributed by atoms with Crippen molar-refractivity contribution in [1.29, 1.82) is 0 Å². The normalized spacial score (nSPS) is 28.2. The number of aliphatic hydroxyl groups is 2. The summed E-state index contributed by atoms with van der Waals surface area (Å²) in [5, 5.41) is 19.4. The molecular weight excluding hydrogens is 188 g/mol. The lowest BCUT2D eigenvalue weighted by atomic mass is 9.96. The van der Waals surface area contributed by atoms with Crippen LogP contribution in [-0.4, -0.2) is 22.4 Å². The predicted molar refractivity (Wildman–Crippen MR) is 62.7 cm³/mol. The van der Waals surface area contributed by atoms with Gasteiger partial charge in [0.15, 0.2) is 0 Å². The van der Waals surface area contributed by atoms with Crippen LogP contribution in [0.2, 0.25) is 0 Å². The summed E-state index contributed by atoms with van der Waals surface area (Å²) in [5.74, 6) is 0.464. The Labute approximate surface area is 93.7 Å². The summed E-state index contributed by atoms with van der Waals surface area (Å²) in [6, 6.07) is 0. The van der Waals surface area contributed by atoms with Gasteiger partial charge in [-0.05, 0) is 38.0 Å². The molecule has 0 aliphatic heterocycles. The predicted octanol–water partition coefficient (Wildman–Crippen LogP) is 2.87. The van der Waals surface area contributed by atoms with Crippen LogP contribution in [-0.2, 0) is 0 Å². The van der Waals surface area contributed by atoms with Gasteiger partial charge in [-0.1, -0.05) is 32.6 Å². The highest BCUT2D eigenvalue weighted by atomic mass is 16.3. The van der Waals surface area contributed by atoms with Crippen molar-refractivity contribution >= 4 is 0 Å². The van der Waals surface area contributed by atoms with Gasteiger partial charge in [-0.15, -0.1) is 0 Å². The summed E-state index contributed by atoms with van der Waals surface area (Å²) in [7, 11) is 0. The molecule has 1 saturated carbocycles. The van der Waals surface area contributed by atoms with E-state index in [9.17, 15) is 10.2 Å². The van der Waals surface area contributed by atoms with Crippen LogP contribution in [0.4, 0.5) is 0 Å². The Morgan fingerprint density at radius 2 is 2.00 bits per heavy atom. The average molecular weight is 214 g/mol. The van der Waals surface area contributed by atoms with Gasteiger partial charge in [0, 0.05) is 0 Å². The van der Waals surface area contributed by atoms with E-state index in [1.807, 2.05) is 0 Å². The molecule has 15 heavy (non-hydrogen) atoms. The van der Waals surface area contributed by atoms with Gasteiger partial charge in [-0.3, -0.25) is 0 Å². The first-order valence-electron chi connectivity index (χ1n) is 6.60. The highest BCUT2D eigenvalue weighted by Gasteiger charge is 2.25. The van der Waals surface area contributed by atoms with E-state index in [1.165, 1.54) is 12.8 Å². The number of rotatable bonds is 7. The van der Waals surface area contributed by atoms with Gasteiger partial charge in [0.25, 0.3) is 0 Å². The van der Waals surface area contributed by atoms with Crippen molar-refractivity contribution in [2.24, 2.45) is 5.92 Å². The summed E-state index contributed by atoms with van der Waals surface area (Å²) < 4.78 is 0. The van der Waals surface area contributed by atoms with E-state index >= 15 is 0 Å². The Bertz CT molecular complexity index is 159. The van der Waals surface area contributed by atoms with Gasteiger partial charge >= 0.3 is 0 Å². The minimum absolute atomic E-state index is 0.0900. The smallest absolute Gasteiger partial charge is 0.0568 e. The molecule has 0 aromatic carbocycles. The molecule has 2 heteroatoms. The second-order valence-corrected chi connectivity index (χ2v) is 4.99. The lowest BCUT2D eigenvalue weighted by Gasteiger charge is -2.16. The molecule has 0 spiro atoms. The molecule has 1 aliphatic carbocycles. The third-order valence-corrected chi connectivity index (χ3v) is 3.63. The van der Waals surface area contributed by atoms with Gasteiger partial charge in [0.1, 0.15) is 0 Å². The van der Waals surface area contributed by atoms with E-state index < -0.39 is 0 Å². The molecule has 2 N–H and O–H groups in total. The first-order chi connectivity index (χ1) is 7.24. The summed E-state index contributed by atoms with van der Waals surface area (Å²) in [6.07, 6.45) is 9.48. The molecule has 1 fully saturated rings. The Morgan fingerprint density at radius 3 is 2.60 bits per heavy atom. The third kappa shape index (κ3) is 4.98. The first kappa shape index (κ1) is 13.0. The van der Waals surface area contributed by atoms with Crippen LogP contribution in [0.25, 0.3) is 0 Å². The highest BCUT2D eigenvalue weighted by molar-refractivity contribution is 4.77. The van der Waals surface area contributed by atoms with Gasteiger partial charge in [-0.25, -0.2) is 0 Å². The van der Waals surface area contributed by atoms with Crippen LogP contribution in [0.3, 0.4) is 0 Å². The topological polar surface area (TPSA) is 40.5 Å². The molecule has 1 aliphatic rings. The zero-order chi connectivity index (χ0) is 11.1. The van der Waals surface area contributed by atoms with Crippen molar-refractivity contribution in [1.82, 2.24) is 0 Å². The zero-order valence-electron chi connectivity index (χ0n) is 9.99. The maximum Gasteiger partial charge on any atom is 0.0568 e.